The van der Waals surface area contributed by atoms with Crippen LogP contribution in [0.5, 0.6) is 11.5 Å². The Labute approximate surface area is 158 Å². The lowest BCUT2D eigenvalue weighted by Gasteiger charge is -2.10. The van der Waals surface area contributed by atoms with Crippen LogP contribution in [-0.4, -0.2) is 18.0 Å². The second-order valence-corrected chi connectivity index (χ2v) is 5.89. The van der Waals surface area contributed by atoms with Gasteiger partial charge in [-0.25, -0.2) is 0 Å². The van der Waals surface area contributed by atoms with Crippen molar-refractivity contribution in [2.24, 2.45) is 0 Å². The number of methoxy groups -OCH3 is 1. The van der Waals surface area contributed by atoms with Crippen LogP contribution in [0, 0.1) is 0 Å². The number of benzene rings is 3. The van der Waals surface area contributed by atoms with Crippen LogP contribution < -0.4 is 9.47 Å². The molecule has 3 aromatic rings. The van der Waals surface area contributed by atoms with Gasteiger partial charge in [-0.15, -0.1) is 0 Å². The second-order valence-electron chi connectivity index (χ2n) is 5.89. The van der Waals surface area contributed by atoms with E-state index in [0.717, 1.165) is 5.56 Å². The molecule has 0 heterocycles. The van der Waals surface area contributed by atoms with Crippen LogP contribution in [0.2, 0.25) is 0 Å². The standard InChI is InChI=1S/C23H20O4/c1-26-19-13-11-18(12-14-19)21(24)15-22(25)20-9-5-6-10-23(20)27-16-17-7-3-2-4-8-17/h2-15,24H,16H2,1H3/b21-15-. The molecule has 3 aromatic carbocycles. The molecule has 0 aliphatic heterocycles. The summed E-state index contributed by atoms with van der Waals surface area (Å²) in [4.78, 5) is 12.6. The number of hydrogen-bond donors (Lipinski definition) is 1. The van der Waals surface area contributed by atoms with Gasteiger partial charge in [0.05, 0.1) is 12.7 Å². The predicted molar refractivity (Wildman–Crippen MR) is 105 cm³/mol. The first kappa shape index (κ1) is 18.3. The van der Waals surface area contributed by atoms with E-state index in [2.05, 4.69) is 0 Å². The largest absolute Gasteiger partial charge is 0.507 e. The molecule has 0 spiro atoms. The highest BCUT2D eigenvalue weighted by atomic mass is 16.5. The molecule has 0 saturated heterocycles. The Hall–Kier alpha value is -3.53. The zero-order valence-electron chi connectivity index (χ0n) is 15.0. The van der Waals surface area contributed by atoms with Crippen molar-refractivity contribution in [1.82, 2.24) is 0 Å². The lowest BCUT2D eigenvalue weighted by molar-refractivity contribution is 0.104. The third kappa shape index (κ3) is 4.76. The van der Waals surface area contributed by atoms with Crippen molar-refractivity contribution in [2.75, 3.05) is 7.11 Å². The molecule has 0 aromatic heterocycles. The van der Waals surface area contributed by atoms with Gasteiger partial charge in [0, 0.05) is 11.6 Å². The van der Waals surface area contributed by atoms with Gasteiger partial charge in [0.25, 0.3) is 0 Å². The number of carbonyl (C=O) groups is 1. The Bertz CT molecular complexity index is 928. The summed E-state index contributed by atoms with van der Waals surface area (Å²) in [6, 6.07) is 23.6. The maximum atomic E-state index is 12.6. The van der Waals surface area contributed by atoms with E-state index in [4.69, 9.17) is 9.47 Å². The smallest absolute Gasteiger partial charge is 0.193 e. The summed E-state index contributed by atoms with van der Waals surface area (Å²) >= 11 is 0. The molecule has 1 N–H and O–H groups in total. The van der Waals surface area contributed by atoms with Gasteiger partial charge in [0.15, 0.2) is 5.78 Å². The quantitative estimate of drug-likeness (QED) is 0.364. The Morgan fingerprint density at radius 3 is 2.30 bits per heavy atom. The van der Waals surface area contributed by atoms with Crippen LogP contribution in [0.25, 0.3) is 5.76 Å². The molecule has 4 heteroatoms. The molecule has 27 heavy (non-hydrogen) atoms. The zero-order chi connectivity index (χ0) is 19.1. The molecule has 4 nitrogen and oxygen atoms in total. The highest BCUT2D eigenvalue weighted by Gasteiger charge is 2.12. The second kappa shape index (κ2) is 8.72. The summed E-state index contributed by atoms with van der Waals surface area (Å²) in [5.41, 5.74) is 1.94. The average molecular weight is 360 g/mol. The first-order valence-electron chi connectivity index (χ1n) is 8.52. The number of hydrogen-bond acceptors (Lipinski definition) is 4. The Kier molecular flexibility index (Phi) is 5.90. The molecular weight excluding hydrogens is 340 g/mol. The zero-order valence-corrected chi connectivity index (χ0v) is 15.0. The van der Waals surface area contributed by atoms with Crippen molar-refractivity contribution in [1.29, 1.82) is 0 Å². The van der Waals surface area contributed by atoms with Crippen molar-refractivity contribution in [3.63, 3.8) is 0 Å². The molecule has 0 aliphatic carbocycles. The van der Waals surface area contributed by atoms with Crippen LogP contribution in [0.15, 0.2) is 84.9 Å². The van der Waals surface area contributed by atoms with Crippen LogP contribution in [0.1, 0.15) is 21.5 Å². The van der Waals surface area contributed by atoms with Gasteiger partial charge in [-0.2, -0.15) is 0 Å². The summed E-state index contributed by atoms with van der Waals surface area (Å²) in [5.74, 6) is 0.718. The van der Waals surface area contributed by atoms with Crippen molar-refractivity contribution in [3.05, 3.63) is 102 Å². The van der Waals surface area contributed by atoms with Gasteiger partial charge in [-0.3, -0.25) is 4.79 Å². The third-order valence-corrected chi connectivity index (χ3v) is 4.04. The third-order valence-electron chi connectivity index (χ3n) is 4.04. The van der Waals surface area contributed by atoms with Gasteiger partial charge in [0.2, 0.25) is 0 Å². The summed E-state index contributed by atoms with van der Waals surface area (Å²) in [7, 11) is 1.57. The highest BCUT2D eigenvalue weighted by Crippen LogP contribution is 2.23. The van der Waals surface area contributed by atoms with Gasteiger partial charge in [-0.05, 0) is 42.0 Å². The fourth-order valence-electron chi connectivity index (χ4n) is 2.58. The number of aliphatic hydroxyl groups is 1. The summed E-state index contributed by atoms with van der Waals surface area (Å²) in [6.07, 6.45) is 1.20. The minimum atomic E-state index is -0.327. The molecule has 0 bridgehead atoms. The van der Waals surface area contributed by atoms with Crippen molar-refractivity contribution in [2.45, 2.75) is 6.61 Å². The molecule has 0 aliphatic rings. The lowest BCUT2D eigenvalue weighted by Crippen LogP contribution is -2.03. The maximum Gasteiger partial charge on any atom is 0.193 e. The van der Waals surface area contributed by atoms with E-state index >= 15 is 0 Å². The SMILES string of the molecule is COc1ccc(/C(O)=C/C(=O)c2ccccc2OCc2ccccc2)cc1. The summed E-state index contributed by atoms with van der Waals surface area (Å²) in [6.45, 7) is 0.360. The Morgan fingerprint density at radius 2 is 1.59 bits per heavy atom. The molecule has 0 fully saturated rings. The van der Waals surface area contributed by atoms with Gasteiger partial charge < -0.3 is 14.6 Å². The molecule has 0 amide bonds. The van der Waals surface area contributed by atoms with Gasteiger partial charge in [-0.1, -0.05) is 42.5 Å². The van der Waals surface area contributed by atoms with Crippen molar-refractivity contribution >= 4 is 11.5 Å². The number of aliphatic hydroxyl groups excluding tert-OH is 1. The number of carbonyl (C=O) groups excluding carboxylic acids is 1. The van der Waals surface area contributed by atoms with Gasteiger partial charge in [0.1, 0.15) is 23.9 Å². The number of rotatable bonds is 7. The van der Waals surface area contributed by atoms with E-state index in [1.165, 1.54) is 6.08 Å². The van der Waals surface area contributed by atoms with Crippen LogP contribution in [0.3, 0.4) is 0 Å². The lowest BCUT2D eigenvalue weighted by atomic mass is 10.1. The Morgan fingerprint density at radius 1 is 0.926 bits per heavy atom. The highest BCUT2D eigenvalue weighted by molar-refractivity contribution is 6.09. The van der Waals surface area contributed by atoms with E-state index in [0.29, 0.717) is 29.2 Å². The van der Waals surface area contributed by atoms with Crippen LogP contribution >= 0.6 is 0 Å². The summed E-state index contributed by atoms with van der Waals surface area (Å²) in [5, 5.41) is 10.3. The summed E-state index contributed by atoms with van der Waals surface area (Å²) < 4.78 is 10.9. The fourth-order valence-corrected chi connectivity index (χ4v) is 2.58. The van der Waals surface area contributed by atoms with Gasteiger partial charge >= 0.3 is 0 Å². The molecular formula is C23H20O4. The van der Waals surface area contributed by atoms with E-state index < -0.39 is 0 Å². The van der Waals surface area contributed by atoms with Crippen LogP contribution in [0.4, 0.5) is 0 Å². The first-order valence-corrected chi connectivity index (χ1v) is 8.52. The number of ketones is 1. The monoisotopic (exact) mass is 360 g/mol. The maximum absolute atomic E-state index is 12.6. The molecule has 136 valence electrons. The minimum Gasteiger partial charge on any atom is -0.507 e. The van der Waals surface area contributed by atoms with Crippen LogP contribution in [-0.2, 0) is 6.61 Å². The molecule has 3 rings (SSSR count). The number of para-hydroxylation sites is 1. The average Bonchev–Trinajstić information content (AvgIpc) is 2.73. The predicted octanol–water partition coefficient (Wildman–Crippen LogP) is 5.06. The first-order chi connectivity index (χ1) is 13.2. The molecule has 0 unspecified atom stereocenters. The molecule has 0 atom stereocenters. The number of ether oxygens (including phenoxy) is 2. The molecule has 0 radical (unpaired) electrons. The Balaban J connectivity index is 1.77. The normalized spacial score (nSPS) is 11.1. The van der Waals surface area contributed by atoms with E-state index in [1.807, 2.05) is 36.4 Å². The van der Waals surface area contributed by atoms with E-state index in [-0.39, 0.29) is 11.5 Å². The number of allylic oxidation sites excluding steroid dienone is 1. The van der Waals surface area contributed by atoms with E-state index in [9.17, 15) is 9.90 Å². The topological polar surface area (TPSA) is 55.8 Å². The van der Waals surface area contributed by atoms with E-state index in [1.54, 1.807) is 49.6 Å². The minimum absolute atomic E-state index is 0.111. The van der Waals surface area contributed by atoms with Crippen molar-refractivity contribution in [3.8, 4) is 11.5 Å². The van der Waals surface area contributed by atoms with Crippen molar-refractivity contribution < 1.29 is 19.4 Å². The fraction of sp³-hybridized carbons (Fsp3) is 0.0870. The molecule has 0 saturated carbocycles.